The summed E-state index contributed by atoms with van der Waals surface area (Å²) < 4.78 is 0. The number of aliphatic hydroxyl groups is 1. The average Bonchev–Trinajstić information content (AvgIpc) is 2.30. The zero-order valence-corrected chi connectivity index (χ0v) is 12.1. The first-order chi connectivity index (χ1) is 7.74. The Morgan fingerprint density at radius 3 is 2.25 bits per heavy atom. The summed E-state index contributed by atoms with van der Waals surface area (Å²) in [5.74, 6) is 1.18. The van der Waals surface area contributed by atoms with Crippen molar-refractivity contribution in [1.82, 2.24) is 4.90 Å². The third-order valence-corrected chi connectivity index (χ3v) is 3.74. The lowest BCUT2D eigenvalue weighted by molar-refractivity contribution is 0.148. The van der Waals surface area contributed by atoms with E-state index in [-0.39, 0.29) is 6.10 Å². The Kier molecular flexibility index (Phi) is 11.9. The van der Waals surface area contributed by atoms with Crippen molar-refractivity contribution >= 4 is 11.8 Å². The van der Waals surface area contributed by atoms with E-state index < -0.39 is 0 Å². The van der Waals surface area contributed by atoms with Crippen LogP contribution in [0.4, 0.5) is 0 Å². The molecule has 0 aliphatic rings. The van der Waals surface area contributed by atoms with Crippen LogP contribution in [0.25, 0.3) is 0 Å². The summed E-state index contributed by atoms with van der Waals surface area (Å²) >= 11 is 1.86. The van der Waals surface area contributed by atoms with E-state index in [2.05, 4.69) is 25.0 Å². The molecule has 16 heavy (non-hydrogen) atoms. The second-order valence-electron chi connectivity index (χ2n) is 4.31. The first kappa shape index (κ1) is 16.3. The van der Waals surface area contributed by atoms with Crippen LogP contribution in [-0.2, 0) is 0 Å². The van der Waals surface area contributed by atoms with Gasteiger partial charge >= 0.3 is 0 Å². The van der Waals surface area contributed by atoms with Gasteiger partial charge in [-0.05, 0) is 63.7 Å². The molecule has 0 saturated heterocycles. The van der Waals surface area contributed by atoms with Crippen molar-refractivity contribution in [2.45, 2.75) is 52.1 Å². The molecule has 0 spiro atoms. The van der Waals surface area contributed by atoms with Crippen molar-refractivity contribution in [3.8, 4) is 0 Å². The van der Waals surface area contributed by atoms with E-state index in [0.29, 0.717) is 0 Å². The quantitative estimate of drug-likeness (QED) is 0.568. The maximum Gasteiger partial charge on any atom is 0.0540 e. The minimum Gasteiger partial charge on any atom is -0.393 e. The molecule has 0 aliphatic heterocycles. The molecule has 0 rings (SSSR count). The zero-order chi connectivity index (χ0) is 12.2. The summed E-state index contributed by atoms with van der Waals surface area (Å²) in [5, 5.41) is 9.73. The number of rotatable bonds is 11. The van der Waals surface area contributed by atoms with Gasteiger partial charge in [-0.2, -0.15) is 11.8 Å². The molecule has 0 radical (unpaired) electrons. The highest BCUT2D eigenvalue weighted by molar-refractivity contribution is 7.98. The first-order valence-electron chi connectivity index (χ1n) is 6.63. The van der Waals surface area contributed by atoms with Gasteiger partial charge < -0.3 is 10.0 Å². The number of hydrogen-bond donors (Lipinski definition) is 1. The lowest BCUT2D eigenvalue weighted by Gasteiger charge is -2.18. The highest BCUT2D eigenvalue weighted by atomic mass is 32.2. The van der Waals surface area contributed by atoms with E-state index in [1.807, 2.05) is 11.8 Å². The van der Waals surface area contributed by atoms with Gasteiger partial charge in [0.25, 0.3) is 0 Å². The van der Waals surface area contributed by atoms with Crippen molar-refractivity contribution in [2.24, 2.45) is 0 Å². The molecule has 3 heteroatoms. The molecule has 1 atom stereocenters. The molecule has 0 aromatic carbocycles. The van der Waals surface area contributed by atoms with Crippen LogP contribution in [-0.4, -0.2) is 47.8 Å². The zero-order valence-electron chi connectivity index (χ0n) is 11.2. The third-order valence-electron chi connectivity index (χ3n) is 3.04. The molecule has 98 valence electrons. The third kappa shape index (κ3) is 9.49. The summed E-state index contributed by atoms with van der Waals surface area (Å²) in [7, 11) is 0. The van der Waals surface area contributed by atoms with E-state index in [1.165, 1.54) is 18.7 Å². The molecular weight excluding hydrogens is 218 g/mol. The lowest BCUT2D eigenvalue weighted by atomic mass is 10.1. The molecule has 0 fully saturated rings. The molecule has 2 nitrogen and oxygen atoms in total. The summed E-state index contributed by atoms with van der Waals surface area (Å²) in [6.45, 7) is 7.89. The summed E-state index contributed by atoms with van der Waals surface area (Å²) in [4.78, 5) is 2.44. The smallest absolute Gasteiger partial charge is 0.0540 e. The van der Waals surface area contributed by atoms with E-state index in [0.717, 1.165) is 38.8 Å². The van der Waals surface area contributed by atoms with Gasteiger partial charge in [0.1, 0.15) is 0 Å². The van der Waals surface area contributed by atoms with Gasteiger partial charge in [-0.3, -0.25) is 0 Å². The maximum absolute atomic E-state index is 9.73. The molecule has 0 aromatic heterocycles. The average molecular weight is 247 g/mol. The fourth-order valence-corrected chi connectivity index (χ4v) is 2.32. The predicted molar refractivity (Wildman–Crippen MR) is 75.3 cm³/mol. The fourth-order valence-electron chi connectivity index (χ4n) is 1.86. The van der Waals surface area contributed by atoms with Gasteiger partial charge in [-0.15, -0.1) is 0 Å². The minimum atomic E-state index is -0.0659. The van der Waals surface area contributed by atoms with Crippen LogP contribution in [0.5, 0.6) is 0 Å². The molecule has 0 heterocycles. The molecule has 0 aromatic rings. The van der Waals surface area contributed by atoms with Gasteiger partial charge in [0.15, 0.2) is 0 Å². The summed E-state index contributed by atoms with van der Waals surface area (Å²) in [6, 6.07) is 0. The molecule has 0 aliphatic carbocycles. The van der Waals surface area contributed by atoms with Crippen LogP contribution in [0, 0.1) is 0 Å². The van der Waals surface area contributed by atoms with Crippen molar-refractivity contribution in [3.05, 3.63) is 0 Å². The Labute approximate surface area is 106 Å². The van der Waals surface area contributed by atoms with E-state index >= 15 is 0 Å². The summed E-state index contributed by atoms with van der Waals surface area (Å²) in [6.07, 6.45) is 7.55. The first-order valence-corrected chi connectivity index (χ1v) is 8.03. The van der Waals surface area contributed by atoms with Gasteiger partial charge in [-0.1, -0.05) is 13.8 Å². The second-order valence-corrected chi connectivity index (χ2v) is 5.30. The van der Waals surface area contributed by atoms with Crippen LogP contribution >= 0.6 is 11.8 Å². The van der Waals surface area contributed by atoms with Gasteiger partial charge in [0, 0.05) is 0 Å². The molecule has 0 unspecified atom stereocenters. The largest absolute Gasteiger partial charge is 0.393 e. The topological polar surface area (TPSA) is 23.5 Å². The van der Waals surface area contributed by atoms with Crippen molar-refractivity contribution in [3.63, 3.8) is 0 Å². The minimum absolute atomic E-state index is 0.0659. The van der Waals surface area contributed by atoms with Gasteiger partial charge in [0.05, 0.1) is 6.10 Å². The highest BCUT2D eigenvalue weighted by Crippen LogP contribution is 2.09. The van der Waals surface area contributed by atoms with E-state index in [4.69, 9.17) is 0 Å². The number of nitrogens with zero attached hydrogens (tertiary/aromatic N) is 1. The standard InChI is InChI=1S/C13H29NOS/c1-4-14(5-2)11-7-6-9-13(15)10-8-12-16-3/h13,15H,4-12H2,1-3H3/t13-/m1/s1. The Balaban J connectivity index is 3.29. The second kappa shape index (κ2) is 11.7. The Morgan fingerprint density at radius 1 is 1.06 bits per heavy atom. The molecular formula is C13H29NOS. The highest BCUT2D eigenvalue weighted by Gasteiger charge is 2.04. The molecule has 1 N–H and O–H groups in total. The number of hydrogen-bond acceptors (Lipinski definition) is 3. The van der Waals surface area contributed by atoms with Crippen molar-refractivity contribution in [2.75, 3.05) is 31.6 Å². The van der Waals surface area contributed by atoms with Gasteiger partial charge in [-0.25, -0.2) is 0 Å². The maximum atomic E-state index is 9.73. The van der Waals surface area contributed by atoms with Crippen molar-refractivity contribution in [1.29, 1.82) is 0 Å². The fraction of sp³-hybridized carbons (Fsp3) is 1.00. The molecule has 0 saturated carbocycles. The van der Waals surface area contributed by atoms with Crippen molar-refractivity contribution < 1.29 is 5.11 Å². The lowest BCUT2D eigenvalue weighted by Crippen LogP contribution is -2.24. The number of thioether (sulfide) groups is 1. The Morgan fingerprint density at radius 2 is 1.69 bits per heavy atom. The van der Waals surface area contributed by atoms with Gasteiger partial charge in [0.2, 0.25) is 0 Å². The normalized spacial score (nSPS) is 13.3. The molecule has 0 amide bonds. The number of aliphatic hydroxyl groups excluding tert-OH is 1. The van der Waals surface area contributed by atoms with E-state index in [9.17, 15) is 5.11 Å². The van der Waals surface area contributed by atoms with Crippen LogP contribution < -0.4 is 0 Å². The monoisotopic (exact) mass is 247 g/mol. The Bertz CT molecular complexity index is 140. The van der Waals surface area contributed by atoms with Crippen LogP contribution in [0.3, 0.4) is 0 Å². The predicted octanol–water partition coefficient (Wildman–Crippen LogP) is 3.00. The van der Waals surface area contributed by atoms with Crippen LogP contribution in [0.15, 0.2) is 0 Å². The van der Waals surface area contributed by atoms with Crippen LogP contribution in [0.1, 0.15) is 46.0 Å². The van der Waals surface area contributed by atoms with Crippen LogP contribution in [0.2, 0.25) is 0 Å². The van der Waals surface area contributed by atoms with E-state index in [1.54, 1.807) is 0 Å². The Hall–Kier alpha value is 0.270. The summed E-state index contributed by atoms with van der Waals surface area (Å²) in [5.41, 5.74) is 0. The SMILES string of the molecule is CCN(CC)CCCC[C@@H](O)CCCSC. The number of unbranched alkanes of at least 4 members (excludes halogenated alkanes) is 1. The molecule has 0 bridgehead atoms.